The van der Waals surface area contributed by atoms with Crippen LogP contribution in [0.5, 0.6) is 0 Å². The van der Waals surface area contributed by atoms with Crippen molar-refractivity contribution in [2.45, 2.75) is 37.8 Å². The van der Waals surface area contributed by atoms with Gasteiger partial charge in [0.2, 0.25) is 5.78 Å². The second-order valence-electron chi connectivity index (χ2n) is 7.67. The number of carboxylic acids is 1. The third-order valence-electron chi connectivity index (χ3n) is 5.85. The number of halogens is 4. The number of hydrogen-bond donors (Lipinski definition) is 1. The van der Waals surface area contributed by atoms with Crippen molar-refractivity contribution in [3.05, 3.63) is 70.1 Å². The summed E-state index contributed by atoms with van der Waals surface area (Å²) in [5.74, 6) is -2.11. The number of hydrogen-bond acceptors (Lipinski definition) is 3. The van der Waals surface area contributed by atoms with Gasteiger partial charge in [-0.05, 0) is 55.9 Å². The van der Waals surface area contributed by atoms with Crippen LogP contribution in [0, 0.1) is 5.92 Å². The first-order valence-electron chi connectivity index (χ1n) is 9.77. The number of carboxylic acid groups (broad SMARTS) is 1. The van der Waals surface area contributed by atoms with Gasteiger partial charge in [-0.3, -0.25) is 14.0 Å². The van der Waals surface area contributed by atoms with Crippen LogP contribution in [-0.2, 0) is 11.0 Å². The Morgan fingerprint density at radius 3 is 2.48 bits per heavy atom. The fourth-order valence-corrected chi connectivity index (χ4v) is 4.57. The Kier molecular flexibility index (Phi) is 5.51. The van der Waals surface area contributed by atoms with Crippen LogP contribution in [0.1, 0.15) is 58.8 Å². The van der Waals surface area contributed by atoms with Gasteiger partial charge in [0.05, 0.1) is 27.8 Å². The van der Waals surface area contributed by atoms with E-state index in [1.165, 1.54) is 10.5 Å². The highest BCUT2D eigenvalue weighted by molar-refractivity contribution is 6.35. The number of carbonyl (C=O) groups excluding carboxylic acids is 1. The van der Waals surface area contributed by atoms with Gasteiger partial charge in [0.15, 0.2) is 0 Å². The van der Waals surface area contributed by atoms with Gasteiger partial charge in [-0.25, -0.2) is 4.98 Å². The fraction of sp³-hybridized carbons (Fsp3) is 0.318. The van der Waals surface area contributed by atoms with Gasteiger partial charge in [0, 0.05) is 18.0 Å². The van der Waals surface area contributed by atoms with E-state index in [0.29, 0.717) is 31.3 Å². The quantitative estimate of drug-likeness (QED) is 0.525. The highest BCUT2D eigenvalue weighted by atomic mass is 35.5. The number of ketones is 1. The van der Waals surface area contributed by atoms with Crippen molar-refractivity contribution < 1.29 is 27.9 Å². The largest absolute Gasteiger partial charge is 0.481 e. The average Bonchev–Trinajstić information content (AvgIpc) is 3.12. The van der Waals surface area contributed by atoms with Crippen LogP contribution < -0.4 is 0 Å². The molecule has 4 rings (SSSR count). The third kappa shape index (κ3) is 3.92. The molecule has 1 fully saturated rings. The minimum Gasteiger partial charge on any atom is -0.481 e. The van der Waals surface area contributed by atoms with Gasteiger partial charge < -0.3 is 5.11 Å². The van der Waals surface area contributed by atoms with Crippen LogP contribution in [0.15, 0.2) is 42.7 Å². The summed E-state index contributed by atoms with van der Waals surface area (Å²) >= 11 is 6.03. The molecule has 9 heteroatoms. The van der Waals surface area contributed by atoms with Crippen molar-refractivity contribution in [1.82, 2.24) is 9.38 Å². The van der Waals surface area contributed by atoms with E-state index < -0.39 is 35.0 Å². The molecule has 0 aliphatic heterocycles. The number of fused-ring (bicyclic) bond motifs is 1. The average molecular weight is 451 g/mol. The van der Waals surface area contributed by atoms with Gasteiger partial charge in [-0.2, -0.15) is 13.2 Å². The molecule has 1 aliphatic carbocycles. The lowest BCUT2D eigenvalue weighted by Gasteiger charge is -2.25. The van der Waals surface area contributed by atoms with Crippen LogP contribution in [-0.4, -0.2) is 26.2 Å². The maximum Gasteiger partial charge on any atom is 0.417 e. The first-order chi connectivity index (χ1) is 14.7. The number of aliphatic carboxylic acids is 1. The first kappa shape index (κ1) is 21.4. The summed E-state index contributed by atoms with van der Waals surface area (Å²) in [6.07, 6.45) is 0.575. The van der Waals surface area contributed by atoms with Crippen molar-refractivity contribution in [1.29, 1.82) is 0 Å². The number of alkyl halides is 3. The standard InChI is InChI=1S/C22H18ClF3N2O3/c23-16-4-1-3-15(22(24,25)26)18(16)19(29)17-11-14(20-27-9-2-10-28(17)20)12-5-7-13(8-6-12)21(30)31/h1-4,9-13H,5-8H2,(H,30,31). The Hall–Kier alpha value is -2.87. The zero-order valence-corrected chi connectivity index (χ0v) is 17.0. The summed E-state index contributed by atoms with van der Waals surface area (Å²) in [5, 5.41) is 8.95. The highest BCUT2D eigenvalue weighted by Crippen LogP contribution is 2.40. The minimum absolute atomic E-state index is 0.0321. The van der Waals surface area contributed by atoms with E-state index in [4.69, 9.17) is 11.6 Å². The van der Waals surface area contributed by atoms with E-state index in [0.717, 1.165) is 17.7 Å². The number of nitrogens with zero attached hydrogens (tertiary/aromatic N) is 2. The maximum absolute atomic E-state index is 13.5. The van der Waals surface area contributed by atoms with Crippen molar-refractivity contribution in [3.8, 4) is 0 Å². The molecule has 1 aromatic carbocycles. The Labute approximate surface area is 180 Å². The molecule has 3 aromatic rings. The highest BCUT2D eigenvalue weighted by Gasteiger charge is 2.37. The van der Waals surface area contributed by atoms with E-state index in [2.05, 4.69) is 4.98 Å². The molecule has 2 heterocycles. The summed E-state index contributed by atoms with van der Waals surface area (Å²) in [6.45, 7) is 0. The van der Waals surface area contributed by atoms with Crippen LogP contribution >= 0.6 is 11.6 Å². The fourth-order valence-electron chi connectivity index (χ4n) is 4.31. The molecule has 5 nitrogen and oxygen atoms in total. The lowest BCUT2D eigenvalue weighted by molar-refractivity contribution is -0.143. The molecular formula is C22H18ClF3N2O3. The molecule has 0 bridgehead atoms. The predicted molar refractivity (Wildman–Crippen MR) is 107 cm³/mol. The van der Waals surface area contributed by atoms with Crippen LogP contribution in [0.2, 0.25) is 5.02 Å². The number of benzene rings is 1. The second kappa shape index (κ2) is 8.00. The zero-order valence-electron chi connectivity index (χ0n) is 16.2. The molecule has 31 heavy (non-hydrogen) atoms. The van der Waals surface area contributed by atoms with Crippen LogP contribution in [0.4, 0.5) is 13.2 Å². The summed E-state index contributed by atoms with van der Waals surface area (Å²) in [7, 11) is 0. The number of rotatable bonds is 4. The van der Waals surface area contributed by atoms with Crippen molar-refractivity contribution in [3.63, 3.8) is 0 Å². The van der Waals surface area contributed by atoms with E-state index in [1.54, 1.807) is 24.5 Å². The molecule has 0 spiro atoms. The molecule has 0 unspecified atom stereocenters. The molecule has 0 atom stereocenters. The molecule has 1 N–H and O–H groups in total. The molecule has 0 radical (unpaired) electrons. The molecule has 0 saturated heterocycles. The number of carbonyl (C=O) groups is 2. The van der Waals surface area contributed by atoms with Gasteiger partial charge in [0.1, 0.15) is 5.65 Å². The van der Waals surface area contributed by atoms with Crippen molar-refractivity contribution in [2.24, 2.45) is 5.92 Å². The Balaban J connectivity index is 1.79. The van der Waals surface area contributed by atoms with Crippen molar-refractivity contribution in [2.75, 3.05) is 0 Å². The normalized spacial score (nSPS) is 19.5. The molecular weight excluding hydrogens is 433 g/mol. The van der Waals surface area contributed by atoms with E-state index >= 15 is 0 Å². The van der Waals surface area contributed by atoms with E-state index in [-0.39, 0.29) is 16.6 Å². The molecule has 0 amide bonds. The maximum atomic E-state index is 13.5. The van der Waals surface area contributed by atoms with Gasteiger partial charge in [-0.1, -0.05) is 17.7 Å². The summed E-state index contributed by atoms with van der Waals surface area (Å²) < 4.78 is 42.1. The summed E-state index contributed by atoms with van der Waals surface area (Å²) in [6, 6.07) is 6.41. The predicted octanol–water partition coefficient (Wildman–Crippen LogP) is 5.60. The summed E-state index contributed by atoms with van der Waals surface area (Å²) in [4.78, 5) is 28.9. The minimum atomic E-state index is -4.74. The van der Waals surface area contributed by atoms with Gasteiger partial charge >= 0.3 is 12.1 Å². The SMILES string of the molecule is O=C(c1c(Cl)cccc1C(F)(F)F)c1cc(C2CCC(C(=O)O)CC2)c2ncccn12. The third-order valence-corrected chi connectivity index (χ3v) is 6.17. The second-order valence-corrected chi connectivity index (χ2v) is 8.08. The van der Waals surface area contributed by atoms with Crippen LogP contribution in [0.25, 0.3) is 5.65 Å². The molecule has 1 aliphatic rings. The number of aromatic nitrogens is 2. The zero-order chi connectivity index (χ0) is 22.3. The monoisotopic (exact) mass is 450 g/mol. The van der Waals surface area contributed by atoms with Crippen molar-refractivity contribution >= 4 is 29.0 Å². The molecule has 1 saturated carbocycles. The molecule has 2 aromatic heterocycles. The lowest BCUT2D eigenvalue weighted by Crippen LogP contribution is -2.20. The first-order valence-corrected chi connectivity index (χ1v) is 10.2. The Morgan fingerprint density at radius 1 is 1.13 bits per heavy atom. The summed E-state index contributed by atoms with van der Waals surface area (Å²) in [5.41, 5.74) is -0.441. The molecule has 162 valence electrons. The Bertz CT molecular complexity index is 1160. The topological polar surface area (TPSA) is 71.7 Å². The Morgan fingerprint density at radius 2 is 1.84 bits per heavy atom. The van der Waals surface area contributed by atoms with Crippen LogP contribution in [0.3, 0.4) is 0 Å². The van der Waals surface area contributed by atoms with Gasteiger partial charge in [-0.15, -0.1) is 0 Å². The lowest BCUT2D eigenvalue weighted by atomic mass is 9.79. The van der Waals surface area contributed by atoms with E-state index in [9.17, 15) is 27.9 Å². The van der Waals surface area contributed by atoms with E-state index in [1.807, 2.05) is 0 Å². The smallest absolute Gasteiger partial charge is 0.417 e. The van der Waals surface area contributed by atoms with Gasteiger partial charge in [0.25, 0.3) is 0 Å².